The van der Waals surface area contributed by atoms with Gasteiger partial charge in [-0.05, 0) is 49.1 Å². The van der Waals surface area contributed by atoms with Gasteiger partial charge < -0.3 is 9.80 Å². The molecule has 24 heavy (non-hydrogen) atoms. The molecule has 3 nitrogen and oxygen atoms in total. The molecular weight excluding hydrogens is 303 g/mol. The van der Waals surface area contributed by atoms with E-state index in [1.54, 1.807) is 12.1 Å². The maximum absolute atomic E-state index is 13.6. The summed E-state index contributed by atoms with van der Waals surface area (Å²) in [5.41, 5.74) is 2.49. The van der Waals surface area contributed by atoms with Crippen LogP contribution in [-0.2, 0) is 0 Å². The minimum absolute atomic E-state index is 0.0215. The van der Waals surface area contributed by atoms with Crippen LogP contribution >= 0.6 is 0 Å². The van der Waals surface area contributed by atoms with Gasteiger partial charge in [0, 0.05) is 26.3 Å². The number of benzene rings is 2. The van der Waals surface area contributed by atoms with E-state index in [0.29, 0.717) is 12.1 Å². The summed E-state index contributed by atoms with van der Waals surface area (Å²) in [6.45, 7) is 0.710. The molecule has 2 aromatic rings. The van der Waals surface area contributed by atoms with E-state index in [-0.39, 0.29) is 17.8 Å². The number of carbonyl (C=O) groups excluding carboxylic acids is 1. The van der Waals surface area contributed by atoms with Crippen LogP contribution in [0, 0.1) is 5.82 Å². The van der Waals surface area contributed by atoms with E-state index in [0.717, 1.165) is 30.5 Å². The van der Waals surface area contributed by atoms with Gasteiger partial charge in [-0.25, -0.2) is 4.39 Å². The Morgan fingerprint density at radius 2 is 1.92 bits per heavy atom. The average molecular weight is 326 g/mol. The smallest absolute Gasteiger partial charge is 0.256 e. The molecule has 2 aromatic carbocycles. The fourth-order valence-corrected chi connectivity index (χ4v) is 3.43. The van der Waals surface area contributed by atoms with E-state index >= 15 is 0 Å². The molecule has 1 aliphatic heterocycles. The standard InChI is InChI=1S/C20H23FN2O/c1-22(2)19-12-4-3-10-17(19)20(24)23-13-6-5-11-18(23)15-8-7-9-16(21)14-15/h3-4,7-10,12,14,18H,5-6,11,13H2,1-2H3/t18-/m1/s1. The van der Waals surface area contributed by atoms with Gasteiger partial charge in [-0.1, -0.05) is 24.3 Å². The van der Waals surface area contributed by atoms with E-state index in [1.165, 1.54) is 6.07 Å². The van der Waals surface area contributed by atoms with Crippen molar-refractivity contribution in [3.05, 3.63) is 65.5 Å². The van der Waals surface area contributed by atoms with Crippen molar-refractivity contribution < 1.29 is 9.18 Å². The maximum Gasteiger partial charge on any atom is 0.256 e. The Morgan fingerprint density at radius 3 is 2.67 bits per heavy atom. The molecule has 0 radical (unpaired) electrons. The van der Waals surface area contributed by atoms with E-state index < -0.39 is 0 Å². The summed E-state index contributed by atoms with van der Waals surface area (Å²) in [5.74, 6) is -0.229. The number of hydrogen-bond donors (Lipinski definition) is 0. The second kappa shape index (κ2) is 7.04. The van der Waals surface area contributed by atoms with Crippen LogP contribution in [0.2, 0.25) is 0 Å². The number of nitrogens with zero attached hydrogens (tertiary/aromatic N) is 2. The van der Waals surface area contributed by atoms with Crippen LogP contribution in [0.25, 0.3) is 0 Å². The van der Waals surface area contributed by atoms with Crippen molar-refractivity contribution in [2.45, 2.75) is 25.3 Å². The monoisotopic (exact) mass is 326 g/mol. The number of likely N-dealkylation sites (tertiary alicyclic amines) is 1. The summed E-state index contributed by atoms with van der Waals surface area (Å²) in [7, 11) is 3.87. The summed E-state index contributed by atoms with van der Waals surface area (Å²) in [5, 5.41) is 0. The van der Waals surface area contributed by atoms with Crippen molar-refractivity contribution >= 4 is 11.6 Å². The van der Waals surface area contributed by atoms with Crippen molar-refractivity contribution in [3.63, 3.8) is 0 Å². The molecule has 0 aliphatic carbocycles. The van der Waals surface area contributed by atoms with Gasteiger partial charge in [-0.3, -0.25) is 4.79 Å². The number of carbonyl (C=O) groups is 1. The SMILES string of the molecule is CN(C)c1ccccc1C(=O)N1CCCC[C@@H]1c1cccc(F)c1. The third-order valence-electron chi connectivity index (χ3n) is 4.61. The molecular formula is C20H23FN2O. The third kappa shape index (κ3) is 3.28. The molecule has 1 fully saturated rings. The number of rotatable bonds is 3. The summed E-state index contributed by atoms with van der Waals surface area (Å²) in [6.07, 6.45) is 2.92. The number of amides is 1. The van der Waals surface area contributed by atoms with Crippen LogP contribution in [0.4, 0.5) is 10.1 Å². The molecule has 0 spiro atoms. The summed E-state index contributed by atoms with van der Waals surface area (Å²) in [4.78, 5) is 17.1. The molecule has 3 rings (SSSR count). The zero-order chi connectivity index (χ0) is 17.1. The maximum atomic E-state index is 13.6. The second-order valence-electron chi connectivity index (χ2n) is 6.48. The van der Waals surface area contributed by atoms with E-state index in [4.69, 9.17) is 0 Å². The van der Waals surface area contributed by atoms with Gasteiger partial charge in [0.1, 0.15) is 5.82 Å². The summed E-state index contributed by atoms with van der Waals surface area (Å²) >= 11 is 0. The fourth-order valence-electron chi connectivity index (χ4n) is 3.43. The van der Waals surface area contributed by atoms with Crippen LogP contribution < -0.4 is 4.90 Å². The van der Waals surface area contributed by atoms with Gasteiger partial charge in [-0.2, -0.15) is 0 Å². The molecule has 4 heteroatoms. The number of para-hydroxylation sites is 1. The molecule has 1 heterocycles. The van der Waals surface area contributed by atoms with Gasteiger partial charge in [0.25, 0.3) is 5.91 Å². The van der Waals surface area contributed by atoms with Crippen molar-refractivity contribution in [3.8, 4) is 0 Å². The van der Waals surface area contributed by atoms with E-state index in [9.17, 15) is 9.18 Å². The minimum Gasteiger partial charge on any atom is -0.377 e. The molecule has 1 amide bonds. The molecule has 126 valence electrons. The van der Waals surface area contributed by atoms with Gasteiger partial charge in [-0.15, -0.1) is 0 Å². The zero-order valence-electron chi connectivity index (χ0n) is 14.2. The topological polar surface area (TPSA) is 23.6 Å². The Balaban J connectivity index is 1.95. The first kappa shape index (κ1) is 16.5. The largest absolute Gasteiger partial charge is 0.377 e. The zero-order valence-corrected chi connectivity index (χ0v) is 14.2. The summed E-state index contributed by atoms with van der Waals surface area (Å²) < 4.78 is 13.6. The summed E-state index contributed by atoms with van der Waals surface area (Å²) in [6, 6.07) is 14.2. The molecule has 0 bridgehead atoms. The third-order valence-corrected chi connectivity index (χ3v) is 4.61. The highest BCUT2D eigenvalue weighted by molar-refractivity contribution is 6.00. The Hall–Kier alpha value is -2.36. The number of anilines is 1. The molecule has 0 saturated carbocycles. The van der Waals surface area contributed by atoms with E-state index in [1.807, 2.05) is 54.2 Å². The lowest BCUT2D eigenvalue weighted by Gasteiger charge is -2.37. The highest BCUT2D eigenvalue weighted by Crippen LogP contribution is 2.33. The van der Waals surface area contributed by atoms with Crippen LogP contribution in [0.1, 0.15) is 41.2 Å². The number of hydrogen-bond acceptors (Lipinski definition) is 2. The Kier molecular flexibility index (Phi) is 4.84. The predicted molar refractivity (Wildman–Crippen MR) is 94.8 cm³/mol. The molecule has 0 unspecified atom stereocenters. The van der Waals surface area contributed by atoms with Crippen LogP contribution in [0.5, 0.6) is 0 Å². The average Bonchev–Trinajstić information content (AvgIpc) is 2.61. The van der Waals surface area contributed by atoms with E-state index in [2.05, 4.69) is 0 Å². The van der Waals surface area contributed by atoms with Gasteiger partial charge in [0.05, 0.1) is 11.6 Å². The lowest BCUT2D eigenvalue weighted by molar-refractivity contribution is 0.0612. The minimum atomic E-state index is -0.251. The van der Waals surface area contributed by atoms with Crippen LogP contribution in [0.3, 0.4) is 0 Å². The van der Waals surface area contributed by atoms with Crippen molar-refractivity contribution in [2.24, 2.45) is 0 Å². The van der Waals surface area contributed by atoms with Gasteiger partial charge in [0.15, 0.2) is 0 Å². The lowest BCUT2D eigenvalue weighted by Crippen LogP contribution is -2.39. The Morgan fingerprint density at radius 1 is 1.12 bits per heavy atom. The highest BCUT2D eigenvalue weighted by atomic mass is 19.1. The normalized spacial score (nSPS) is 17.6. The molecule has 1 atom stereocenters. The molecule has 1 saturated heterocycles. The molecule has 1 aliphatic rings. The first-order valence-electron chi connectivity index (χ1n) is 8.40. The quantitative estimate of drug-likeness (QED) is 0.841. The first-order valence-corrected chi connectivity index (χ1v) is 8.40. The van der Waals surface area contributed by atoms with Crippen molar-refractivity contribution in [2.75, 3.05) is 25.5 Å². The van der Waals surface area contributed by atoms with Gasteiger partial charge in [0.2, 0.25) is 0 Å². The second-order valence-corrected chi connectivity index (χ2v) is 6.48. The van der Waals surface area contributed by atoms with Gasteiger partial charge >= 0.3 is 0 Å². The Bertz CT molecular complexity index is 729. The number of halogens is 1. The molecule has 0 aromatic heterocycles. The molecule has 0 N–H and O–H groups in total. The highest BCUT2D eigenvalue weighted by Gasteiger charge is 2.30. The lowest BCUT2D eigenvalue weighted by atomic mass is 9.94. The van der Waals surface area contributed by atoms with Crippen molar-refractivity contribution in [1.29, 1.82) is 0 Å². The van der Waals surface area contributed by atoms with Crippen LogP contribution in [-0.4, -0.2) is 31.4 Å². The first-order chi connectivity index (χ1) is 11.6. The fraction of sp³-hybridized carbons (Fsp3) is 0.350. The predicted octanol–water partition coefficient (Wildman–Crippen LogP) is 4.26. The van der Waals surface area contributed by atoms with Crippen LogP contribution in [0.15, 0.2) is 48.5 Å². The Labute approximate surface area is 142 Å². The van der Waals surface area contributed by atoms with Crippen molar-refractivity contribution in [1.82, 2.24) is 4.90 Å². The number of piperidine rings is 1.